The van der Waals surface area contributed by atoms with E-state index in [2.05, 4.69) is 22.2 Å². The SMILES string of the molecule is CC1CCN(C(=O)c2cc(C(=O)NCc3ccncc3)ccn2)CC1. The average Bonchev–Trinajstić information content (AvgIpc) is 2.67. The monoisotopic (exact) mass is 338 g/mol. The normalized spacial score (nSPS) is 15.0. The lowest BCUT2D eigenvalue weighted by Gasteiger charge is -2.30. The number of carbonyl (C=O) groups excluding carboxylic acids is 2. The van der Waals surface area contributed by atoms with Gasteiger partial charge >= 0.3 is 0 Å². The summed E-state index contributed by atoms with van der Waals surface area (Å²) in [4.78, 5) is 34.8. The molecule has 0 radical (unpaired) electrons. The van der Waals surface area contributed by atoms with Crippen molar-refractivity contribution in [3.63, 3.8) is 0 Å². The number of carbonyl (C=O) groups is 2. The first-order chi connectivity index (χ1) is 12.1. The molecule has 0 saturated carbocycles. The van der Waals surface area contributed by atoms with E-state index in [9.17, 15) is 9.59 Å². The summed E-state index contributed by atoms with van der Waals surface area (Å²) in [5.41, 5.74) is 1.74. The van der Waals surface area contributed by atoms with E-state index < -0.39 is 0 Å². The fraction of sp³-hybridized carbons (Fsp3) is 0.368. The number of amides is 2. The third-order valence-corrected chi connectivity index (χ3v) is 4.51. The second-order valence-electron chi connectivity index (χ2n) is 6.44. The van der Waals surface area contributed by atoms with E-state index in [1.165, 1.54) is 6.20 Å². The van der Waals surface area contributed by atoms with Gasteiger partial charge in [-0.2, -0.15) is 0 Å². The Morgan fingerprint density at radius 3 is 2.60 bits per heavy atom. The summed E-state index contributed by atoms with van der Waals surface area (Å²) in [7, 11) is 0. The van der Waals surface area contributed by atoms with Crippen LogP contribution in [0.4, 0.5) is 0 Å². The fourth-order valence-electron chi connectivity index (χ4n) is 2.85. The van der Waals surface area contributed by atoms with E-state index in [0.29, 0.717) is 23.7 Å². The highest BCUT2D eigenvalue weighted by Crippen LogP contribution is 2.18. The Morgan fingerprint density at radius 1 is 1.16 bits per heavy atom. The lowest BCUT2D eigenvalue weighted by atomic mass is 9.99. The van der Waals surface area contributed by atoms with E-state index in [4.69, 9.17) is 0 Å². The molecule has 1 saturated heterocycles. The van der Waals surface area contributed by atoms with Crippen LogP contribution in [0.3, 0.4) is 0 Å². The van der Waals surface area contributed by atoms with Crippen molar-refractivity contribution in [1.29, 1.82) is 0 Å². The topological polar surface area (TPSA) is 75.2 Å². The number of rotatable bonds is 4. The van der Waals surface area contributed by atoms with Crippen molar-refractivity contribution in [2.24, 2.45) is 5.92 Å². The fourth-order valence-corrected chi connectivity index (χ4v) is 2.85. The minimum Gasteiger partial charge on any atom is -0.348 e. The smallest absolute Gasteiger partial charge is 0.272 e. The molecular weight excluding hydrogens is 316 g/mol. The number of nitrogens with one attached hydrogen (secondary N) is 1. The van der Waals surface area contributed by atoms with Crippen LogP contribution in [-0.4, -0.2) is 39.8 Å². The van der Waals surface area contributed by atoms with Gasteiger partial charge in [0.25, 0.3) is 11.8 Å². The van der Waals surface area contributed by atoms with Gasteiger partial charge in [-0.05, 0) is 48.6 Å². The first-order valence-corrected chi connectivity index (χ1v) is 8.56. The molecule has 3 rings (SSSR count). The van der Waals surface area contributed by atoms with Crippen molar-refractivity contribution >= 4 is 11.8 Å². The molecule has 1 fully saturated rings. The van der Waals surface area contributed by atoms with Crippen LogP contribution in [0.2, 0.25) is 0 Å². The zero-order valence-electron chi connectivity index (χ0n) is 14.3. The highest BCUT2D eigenvalue weighted by atomic mass is 16.2. The standard InChI is InChI=1S/C19H22N4O2/c1-14-5-10-23(11-6-14)19(25)17-12-16(4-9-21-17)18(24)22-13-15-2-7-20-8-3-15/h2-4,7-9,12,14H,5-6,10-11,13H2,1H3,(H,22,24). The van der Waals surface area contributed by atoms with Crippen molar-refractivity contribution in [2.45, 2.75) is 26.3 Å². The van der Waals surface area contributed by atoms with Gasteiger partial charge in [0.15, 0.2) is 0 Å². The van der Waals surface area contributed by atoms with Crippen LogP contribution in [-0.2, 0) is 6.54 Å². The van der Waals surface area contributed by atoms with Gasteiger partial charge in [0.05, 0.1) is 0 Å². The Morgan fingerprint density at radius 2 is 1.88 bits per heavy atom. The van der Waals surface area contributed by atoms with Crippen molar-refractivity contribution < 1.29 is 9.59 Å². The van der Waals surface area contributed by atoms with Gasteiger partial charge in [0.1, 0.15) is 5.69 Å². The van der Waals surface area contributed by atoms with Gasteiger partial charge in [-0.15, -0.1) is 0 Å². The summed E-state index contributed by atoms with van der Waals surface area (Å²) >= 11 is 0. The molecule has 2 aromatic heterocycles. The molecular formula is C19H22N4O2. The third-order valence-electron chi connectivity index (χ3n) is 4.51. The highest BCUT2D eigenvalue weighted by Gasteiger charge is 2.22. The molecule has 0 aromatic carbocycles. The molecule has 130 valence electrons. The summed E-state index contributed by atoms with van der Waals surface area (Å²) in [5.74, 6) is 0.332. The number of hydrogen-bond acceptors (Lipinski definition) is 4. The maximum absolute atomic E-state index is 12.6. The minimum atomic E-state index is -0.222. The molecule has 1 aliphatic heterocycles. The lowest BCUT2D eigenvalue weighted by molar-refractivity contribution is 0.0691. The molecule has 6 nitrogen and oxygen atoms in total. The molecule has 2 aromatic rings. The van der Waals surface area contributed by atoms with Gasteiger partial charge in [-0.25, -0.2) is 0 Å². The van der Waals surface area contributed by atoms with Crippen LogP contribution < -0.4 is 5.32 Å². The molecule has 6 heteroatoms. The first-order valence-electron chi connectivity index (χ1n) is 8.56. The van der Waals surface area contributed by atoms with Crippen LogP contribution in [0.1, 0.15) is 46.2 Å². The van der Waals surface area contributed by atoms with E-state index in [1.54, 1.807) is 24.5 Å². The van der Waals surface area contributed by atoms with Crippen LogP contribution in [0.15, 0.2) is 42.9 Å². The predicted octanol–water partition coefficient (Wildman–Crippen LogP) is 2.28. The number of likely N-dealkylation sites (tertiary alicyclic amines) is 1. The van der Waals surface area contributed by atoms with Crippen LogP contribution in [0.25, 0.3) is 0 Å². The Hall–Kier alpha value is -2.76. The molecule has 25 heavy (non-hydrogen) atoms. The number of pyridine rings is 2. The zero-order valence-corrected chi connectivity index (χ0v) is 14.3. The molecule has 0 spiro atoms. The number of nitrogens with zero attached hydrogens (tertiary/aromatic N) is 3. The summed E-state index contributed by atoms with van der Waals surface area (Å²) in [6.45, 7) is 4.12. The molecule has 0 unspecified atom stereocenters. The molecule has 0 atom stereocenters. The second-order valence-corrected chi connectivity index (χ2v) is 6.44. The quantitative estimate of drug-likeness (QED) is 0.928. The third kappa shape index (κ3) is 4.41. The van der Waals surface area contributed by atoms with E-state index in [1.807, 2.05) is 17.0 Å². The highest BCUT2D eigenvalue weighted by molar-refractivity contribution is 5.98. The second kappa shape index (κ2) is 7.88. The van der Waals surface area contributed by atoms with Crippen molar-refractivity contribution in [3.05, 3.63) is 59.7 Å². The lowest BCUT2D eigenvalue weighted by Crippen LogP contribution is -2.38. The van der Waals surface area contributed by atoms with Crippen LogP contribution >= 0.6 is 0 Å². The molecule has 3 heterocycles. The Labute approximate surface area is 147 Å². The van der Waals surface area contributed by atoms with Crippen molar-refractivity contribution in [3.8, 4) is 0 Å². The predicted molar refractivity (Wildman–Crippen MR) is 93.9 cm³/mol. The van der Waals surface area contributed by atoms with E-state index in [-0.39, 0.29) is 11.8 Å². The van der Waals surface area contributed by atoms with E-state index >= 15 is 0 Å². The summed E-state index contributed by atoms with van der Waals surface area (Å²) in [6, 6.07) is 6.89. The summed E-state index contributed by atoms with van der Waals surface area (Å²) < 4.78 is 0. The van der Waals surface area contributed by atoms with E-state index in [0.717, 1.165) is 31.5 Å². The van der Waals surface area contributed by atoms with Crippen LogP contribution in [0, 0.1) is 5.92 Å². The van der Waals surface area contributed by atoms with Gasteiger partial charge in [0, 0.05) is 43.8 Å². The number of aromatic nitrogens is 2. The minimum absolute atomic E-state index is 0.101. The van der Waals surface area contributed by atoms with Crippen LogP contribution in [0.5, 0.6) is 0 Å². The Kier molecular flexibility index (Phi) is 5.38. The Balaban J connectivity index is 1.64. The van der Waals surface area contributed by atoms with Gasteiger partial charge in [0.2, 0.25) is 0 Å². The van der Waals surface area contributed by atoms with Gasteiger partial charge in [-0.3, -0.25) is 19.6 Å². The largest absolute Gasteiger partial charge is 0.348 e. The van der Waals surface area contributed by atoms with Gasteiger partial charge < -0.3 is 10.2 Å². The van der Waals surface area contributed by atoms with Crippen molar-refractivity contribution in [2.75, 3.05) is 13.1 Å². The Bertz CT molecular complexity index is 740. The maximum atomic E-state index is 12.6. The average molecular weight is 338 g/mol. The maximum Gasteiger partial charge on any atom is 0.272 e. The first kappa shape index (κ1) is 17.1. The molecule has 0 bridgehead atoms. The molecule has 2 amide bonds. The molecule has 1 aliphatic rings. The number of hydrogen-bond donors (Lipinski definition) is 1. The zero-order chi connectivity index (χ0) is 17.6. The summed E-state index contributed by atoms with van der Waals surface area (Å²) in [6.07, 6.45) is 6.91. The van der Waals surface area contributed by atoms with Crippen molar-refractivity contribution in [1.82, 2.24) is 20.2 Å². The molecule has 0 aliphatic carbocycles. The van der Waals surface area contributed by atoms with Gasteiger partial charge in [-0.1, -0.05) is 6.92 Å². The number of piperidine rings is 1. The summed E-state index contributed by atoms with van der Waals surface area (Å²) in [5, 5.41) is 2.85. The molecule has 1 N–H and O–H groups in total.